The van der Waals surface area contributed by atoms with Crippen molar-refractivity contribution in [1.82, 2.24) is 10.2 Å². The van der Waals surface area contributed by atoms with Gasteiger partial charge < -0.3 is 10.2 Å². The molecule has 1 aliphatic carbocycles. The summed E-state index contributed by atoms with van der Waals surface area (Å²) in [6.07, 6.45) is 5.59. The first-order chi connectivity index (χ1) is 8.60. The molecule has 0 aromatic carbocycles. The Morgan fingerprint density at radius 3 is 2.44 bits per heavy atom. The Balaban J connectivity index is 2.53. The van der Waals surface area contributed by atoms with Gasteiger partial charge in [-0.1, -0.05) is 34.1 Å². The van der Waals surface area contributed by atoms with Gasteiger partial charge >= 0.3 is 0 Å². The van der Waals surface area contributed by atoms with Gasteiger partial charge in [-0.3, -0.25) is 0 Å². The van der Waals surface area contributed by atoms with E-state index in [1.54, 1.807) is 0 Å². The Hall–Kier alpha value is -0.0800. The lowest BCUT2D eigenvalue weighted by atomic mass is 9.76. The number of rotatable bonds is 7. The Kier molecular flexibility index (Phi) is 7.25. The summed E-state index contributed by atoms with van der Waals surface area (Å²) in [7, 11) is 2.14. The smallest absolute Gasteiger partial charge is 0.0105 e. The normalized spacial score (nSPS) is 29.2. The van der Waals surface area contributed by atoms with E-state index in [0.29, 0.717) is 0 Å². The zero-order valence-electron chi connectivity index (χ0n) is 13.2. The molecule has 0 spiro atoms. The van der Waals surface area contributed by atoms with Crippen LogP contribution in [0.1, 0.15) is 53.4 Å². The molecule has 108 valence electrons. The fourth-order valence-electron chi connectivity index (χ4n) is 3.49. The van der Waals surface area contributed by atoms with E-state index in [4.69, 9.17) is 0 Å². The molecule has 0 heterocycles. The summed E-state index contributed by atoms with van der Waals surface area (Å²) < 4.78 is 0. The molecule has 3 atom stereocenters. The molecule has 0 aromatic heterocycles. The van der Waals surface area contributed by atoms with Crippen molar-refractivity contribution in [1.29, 1.82) is 0 Å². The second-order valence-electron chi connectivity index (χ2n) is 6.49. The summed E-state index contributed by atoms with van der Waals surface area (Å²) in [5.41, 5.74) is 0. The summed E-state index contributed by atoms with van der Waals surface area (Å²) in [6, 6.07) is 0.744. The van der Waals surface area contributed by atoms with Crippen LogP contribution in [0, 0.1) is 17.8 Å². The molecule has 0 amide bonds. The van der Waals surface area contributed by atoms with E-state index in [2.05, 4.69) is 45.0 Å². The molecule has 0 bridgehead atoms. The topological polar surface area (TPSA) is 15.3 Å². The van der Waals surface area contributed by atoms with Gasteiger partial charge in [0.1, 0.15) is 0 Å². The third kappa shape index (κ3) is 4.89. The maximum atomic E-state index is 3.55. The van der Waals surface area contributed by atoms with Crippen molar-refractivity contribution in [3.05, 3.63) is 0 Å². The monoisotopic (exact) mass is 254 g/mol. The Morgan fingerprint density at radius 1 is 1.22 bits per heavy atom. The van der Waals surface area contributed by atoms with Crippen LogP contribution >= 0.6 is 0 Å². The van der Waals surface area contributed by atoms with Crippen LogP contribution in [0.15, 0.2) is 0 Å². The average Bonchev–Trinajstić information content (AvgIpc) is 2.37. The molecule has 3 unspecified atom stereocenters. The van der Waals surface area contributed by atoms with Gasteiger partial charge in [-0.25, -0.2) is 0 Å². The third-order valence-corrected chi connectivity index (χ3v) is 4.60. The standard InChI is InChI=1S/C16H34N2/c1-6-14-8-9-16(17-5)15(10-14)12-18(7-2)11-13(3)4/h13-17H,6-12H2,1-5H3. The molecule has 1 aliphatic rings. The molecule has 2 nitrogen and oxygen atoms in total. The van der Waals surface area contributed by atoms with Gasteiger partial charge in [-0.15, -0.1) is 0 Å². The summed E-state index contributed by atoms with van der Waals surface area (Å²) >= 11 is 0. The van der Waals surface area contributed by atoms with Crippen LogP contribution in [0.2, 0.25) is 0 Å². The van der Waals surface area contributed by atoms with Gasteiger partial charge in [-0.05, 0) is 50.6 Å². The summed E-state index contributed by atoms with van der Waals surface area (Å²) in [5.74, 6) is 2.60. The number of hydrogen-bond acceptors (Lipinski definition) is 2. The minimum absolute atomic E-state index is 0.744. The van der Waals surface area contributed by atoms with E-state index in [1.807, 2.05) is 0 Å². The van der Waals surface area contributed by atoms with Gasteiger partial charge in [0, 0.05) is 19.1 Å². The molecule has 1 rings (SSSR count). The molecular weight excluding hydrogens is 220 g/mol. The Labute approximate surface area is 115 Å². The van der Waals surface area contributed by atoms with E-state index in [9.17, 15) is 0 Å². The SMILES string of the molecule is CCC1CCC(NC)C(CN(CC)CC(C)C)C1. The highest BCUT2D eigenvalue weighted by atomic mass is 15.1. The van der Waals surface area contributed by atoms with Crippen LogP contribution in [-0.4, -0.2) is 37.6 Å². The molecule has 1 N–H and O–H groups in total. The first kappa shape index (κ1) is 16.0. The molecule has 0 radical (unpaired) electrons. The third-order valence-electron chi connectivity index (χ3n) is 4.60. The number of nitrogens with one attached hydrogen (secondary N) is 1. The molecule has 1 fully saturated rings. The van der Waals surface area contributed by atoms with Crippen LogP contribution < -0.4 is 5.32 Å². The van der Waals surface area contributed by atoms with Crippen LogP contribution in [-0.2, 0) is 0 Å². The number of hydrogen-bond donors (Lipinski definition) is 1. The van der Waals surface area contributed by atoms with Gasteiger partial charge in [-0.2, -0.15) is 0 Å². The average molecular weight is 254 g/mol. The molecule has 1 saturated carbocycles. The van der Waals surface area contributed by atoms with E-state index in [0.717, 1.165) is 23.8 Å². The fraction of sp³-hybridized carbons (Fsp3) is 1.00. The van der Waals surface area contributed by atoms with Crippen molar-refractivity contribution < 1.29 is 0 Å². The zero-order chi connectivity index (χ0) is 13.5. The first-order valence-corrected chi connectivity index (χ1v) is 8.00. The summed E-state index contributed by atoms with van der Waals surface area (Å²) in [4.78, 5) is 2.65. The maximum absolute atomic E-state index is 3.55. The highest BCUT2D eigenvalue weighted by molar-refractivity contribution is 4.85. The maximum Gasteiger partial charge on any atom is 0.0105 e. The lowest BCUT2D eigenvalue weighted by Gasteiger charge is -2.39. The molecule has 18 heavy (non-hydrogen) atoms. The van der Waals surface area contributed by atoms with Crippen LogP contribution in [0.4, 0.5) is 0 Å². The van der Waals surface area contributed by atoms with Crippen molar-refractivity contribution in [3.63, 3.8) is 0 Å². The van der Waals surface area contributed by atoms with Crippen molar-refractivity contribution in [3.8, 4) is 0 Å². The lowest BCUT2D eigenvalue weighted by Crippen LogP contribution is -2.45. The molecular formula is C16H34N2. The second kappa shape index (κ2) is 8.16. The Bertz CT molecular complexity index is 215. The molecule has 0 aliphatic heterocycles. The quantitative estimate of drug-likeness (QED) is 0.749. The summed E-state index contributed by atoms with van der Waals surface area (Å²) in [6.45, 7) is 13.0. The second-order valence-corrected chi connectivity index (χ2v) is 6.49. The predicted octanol–water partition coefficient (Wildman–Crippen LogP) is 3.38. The molecule has 0 aromatic rings. The largest absolute Gasteiger partial charge is 0.317 e. The van der Waals surface area contributed by atoms with Gasteiger partial charge in [0.15, 0.2) is 0 Å². The zero-order valence-corrected chi connectivity index (χ0v) is 13.2. The van der Waals surface area contributed by atoms with Crippen molar-refractivity contribution in [2.24, 2.45) is 17.8 Å². The van der Waals surface area contributed by atoms with E-state index in [-0.39, 0.29) is 0 Å². The highest BCUT2D eigenvalue weighted by Gasteiger charge is 2.29. The van der Waals surface area contributed by atoms with Gasteiger partial charge in [0.2, 0.25) is 0 Å². The molecule has 0 saturated heterocycles. The van der Waals surface area contributed by atoms with Crippen molar-refractivity contribution >= 4 is 0 Å². The lowest BCUT2D eigenvalue weighted by molar-refractivity contribution is 0.137. The summed E-state index contributed by atoms with van der Waals surface area (Å²) in [5, 5.41) is 3.55. The van der Waals surface area contributed by atoms with E-state index >= 15 is 0 Å². The van der Waals surface area contributed by atoms with E-state index in [1.165, 1.54) is 45.3 Å². The van der Waals surface area contributed by atoms with E-state index < -0.39 is 0 Å². The predicted molar refractivity (Wildman–Crippen MR) is 80.9 cm³/mol. The van der Waals surface area contributed by atoms with Crippen molar-refractivity contribution in [2.75, 3.05) is 26.7 Å². The van der Waals surface area contributed by atoms with Gasteiger partial charge in [0.25, 0.3) is 0 Å². The van der Waals surface area contributed by atoms with Gasteiger partial charge in [0.05, 0.1) is 0 Å². The minimum atomic E-state index is 0.744. The van der Waals surface area contributed by atoms with Crippen LogP contribution in [0.25, 0.3) is 0 Å². The van der Waals surface area contributed by atoms with Crippen molar-refractivity contribution in [2.45, 2.75) is 59.4 Å². The minimum Gasteiger partial charge on any atom is -0.317 e. The first-order valence-electron chi connectivity index (χ1n) is 8.00. The Morgan fingerprint density at radius 2 is 1.94 bits per heavy atom. The number of nitrogens with zero attached hydrogens (tertiary/aromatic N) is 1. The molecule has 2 heteroatoms. The van der Waals surface area contributed by atoms with Crippen LogP contribution in [0.5, 0.6) is 0 Å². The van der Waals surface area contributed by atoms with Crippen LogP contribution in [0.3, 0.4) is 0 Å². The highest BCUT2D eigenvalue weighted by Crippen LogP contribution is 2.31. The fourth-order valence-corrected chi connectivity index (χ4v) is 3.49.